The zero-order chi connectivity index (χ0) is 21.1. The molecule has 4 rings (SSSR count). The van der Waals surface area contributed by atoms with E-state index in [1.807, 2.05) is 84.5 Å². The Morgan fingerprint density at radius 1 is 0.933 bits per heavy atom. The topological polar surface area (TPSA) is 95.9 Å². The van der Waals surface area contributed by atoms with Crippen LogP contribution in [0.2, 0.25) is 0 Å². The quantitative estimate of drug-likeness (QED) is 0.361. The van der Waals surface area contributed by atoms with Gasteiger partial charge in [0.15, 0.2) is 0 Å². The minimum absolute atomic E-state index is 0.320. The molecule has 5 N–H and O–H groups in total. The fraction of sp³-hybridized carbons (Fsp3) is 0.0833. The lowest BCUT2D eigenvalue weighted by molar-refractivity contribution is 0.262. The van der Waals surface area contributed by atoms with Gasteiger partial charge in [0, 0.05) is 35.5 Å². The summed E-state index contributed by atoms with van der Waals surface area (Å²) in [5, 5.41) is 15.1. The zero-order valence-corrected chi connectivity index (χ0v) is 16.6. The number of nitrogens with one attached hydrogen (secondary N) is 3. The van der Waals surface area contributed by atoms with E-state index < -0.39 is 6.04 Å². The molecule has 0 aliphatic heterocycles. The number of anilines is 2. The summed E-state index contributed by atoms with van der Waals surface area (Å²) in [7, 11) is 1.99. The molecule has 0 radical (unpaired) electrons. The second-order valence-corrected chi connectivity index (χ2v) is 7.16. The number of carbonyl (C=O) groups is 1. The highest BCUT2D eigenvalue weighted by atomic mass is 16.2. The number of urea groups is 1. The number of hydrogen-bond acceptors (Lipinski definition) is 3. The molecule has 4 aromatic rings. The predicted octanol–water partition coefficient (Wildman–Crippen LogP) is 4.89. The Morgan fingerprint density at radius 3 is 2.33 bits per heavy atom. The van der Waals surface area contributed by atoms with Crippen molar-refractivity contribution in [2.45, 2.75) is 6.04 Å². The molecule has 0 bridgehead atoms. The van der Waals surface area contributed by atoms with Crippen molar-refractivity contribution >= 4 is 34.0 Å². The zero-order valence-electron chi connectivity index (χ0n) is 16.6. The van der Waals surface area contributed by atoms with E-state index in [4.69, 9.17) is 11.1 Å². The van der Waals surface area contributed by atoms with E-state index in [9.17, 15) is 4.79 Å². The van der Waals surface area contributed by atoms with E-state index in [-0.39, 0.29) is 6.03 Å². The summed E-state index contributed by atoms with van der Waals surface area (Å²) >= 11 is 0. The van der Waals surface area contributed by atoms with Gasteiger partial charge >= 0.3 is 6.03 Å². The second-order valence-electron chi connectivity index (χ2n) is 7.16. The lowest BCUT2D eigenvalue weighted by atomic mass is 9.97. The highest BCUT2D eigenvalue weighted by molar-refractivity contribution is 6.03. The lowest BCUT2D eigenvalue weighted by Gasteiger charge is -2.15. The SMILES string of the molecule is Cn1ccc2cc(NC(=O)Nc3ccc(C(N)C(=N)c4ccccc4)cc3)ccc21. The van der Waals surface area contributed by atoms with Crippen LogP contribution in [-0.2, 0) is 7.05 Å². The summed E-state index contributed by atoms with van der Waals surface area (Å²) in [6.07, 6.45) is 1.98. The molecular formula is C24H23N5O. The molecule has 3 aromatic carbocycles. The average molecular weight is 397 g/mol. The molecule has 0 saturated carbocycles. The van der Waals surface area contributed by atoms with E-state index >= 15 is 0 Å². The van der Waals surface area contributed by atoms with Crippen molar-refractivity contribution < 1.29 is 4.79 Å². The predicted molar refractivity (Wildman–Crippen MR) is 122 cm³/mol. The number of benzene rings is 3. The Balaban J connectivity index is 1.40. The largest absolute Gasteiger partial charge is 0.351 e. The van der Waals surface area contributed by atoms with Crippen molar-refractivity contribution in [1.29, 1.82) is 5.41 Å². The number of rotatable bonds is 5. The van der Waals surface area contributed by atoms with Crippen molar-refractivity contribution in [1.82, 2.24) is 4.57 Å². The number of aromatic nitrogens is 1. The first-order chi connectivity index (χ1) is 14.5. The Morgan fingerprint density at radius 2 is 1.60 bits per heavy atom. The van der Waals surface area contributed by atoms with Crippen LogP contribution < -0.4 is 16.4 Å². The van der Waals surface area contributed by atoms with Gasteiger partial charge in [0.2, 0.25) is 0 Å². The first-order valence-electron chi connectivity index (χ1n) is 9.64. The van der Waals surface area contributed by atoms with Crippen LogP contribution in [0.4, 0.5) is 16.2 Å². The molecule has 6 nitrogen and oxygen atoms in total. The normalized spacial score (nSPS) is 11.8. The maximum absolute atomic E-state index is 12.3. The minimum Gasteiger partial charge on any atom is -0.351 e. The first-order valence-corrected chi connectivity index (χ1v) is 9.64. The first kappa shape index (κ1) is 19.4. The van der Waals surface area contributed by atoms with Gasteiger partial charge in [-0.2, -0.15) is 0 Å². The molecule has 1 heterocycles. The molecule has 0 aliphatic carbocycles. The molecule has 30 heavy (non-hydrogen) atoms. The molecule has 150 valence electrons. The summed E-state index contributed by atoms with van der Waals surface area (Å²) in [5.41, 5.74) is 10.7. The van der Waals surface area contributed by atoms with Crippen molar-refractivity contribution in [3.8, 4) is 0 Å². The van der Waals surface area contributed by atoms with Crippen LogP contribution >= 0.6 is 0 Å². The Bertz CT molecular complexity index is 1200. The molecule has 0 spiro atoms. The summed E-state index contributed by atoms with van der Waals surface area (Å²) in [5.74, 6) is 0. The molecule has 6 heteroatoms. The third kappa shape index (κ3) is 4.09. The number of carbonyl (C=O) groups excluding carboxylic acids is 1. The molecule has 0 fully saturated rings. The summed E-state index contributed by atoms with van der Waals surface area (Å²) in [4.78, 5) is 12.3. The molecule has 1 unspecified atom stereocenters. The van der Waals surface area contributed by atoms with Crippen LogP contribution in [0, 0.1) is 5.41 Å². The van der Waals surface area contributed by atoms with Gasteiger partial charge in [-0.15, -0.1) is 0 Å². The smallest absolute Gasteiger partial charge is 0.323 e. The molecule has 1 aromatic heterocycles. The maximum Gasteiger partial charge on any atom is 0.323 e. The van der Waals surface area contributed by atoms with Crippen molar-refractivity contribution in [2.24, 2.45) is 12.8 Å². The van der Waals surface area contributed by atoms with Gasteiger partial charge in [-0.3, -0.25) is 0 Å². The van der Waals surface area contributed by atoms with Crippen molar-refractivity contribution in [3.63, 3.8) is 0 Å². The monoisotopic (exact) mass is 397 g/mol. The van der Waals surface area contributed by atoms with Gasteiger partial charge in [-0.05, 0) is 47.5 Å². The van der Waals surface area contributed by atoms with Gasteiger partial charge < -0.3 is 26.3 Å². The Hall–Kier alpha value is -3.90. The van der Waals surface area contributed by atoms with Crippen LogP contribution in [0.3, 0.4) is 0 Å². The van der Waals surface area contributed by atoms with E-state index in [2.05, 4.69) is 10.6 Å². The summed E-state index contributed by atoms with van der Waals surface area (Å²) in [6.45, 7) is 0. The van der Waals surface area contributed by atoms with E-state index in [0.717, 1.165) is 27.7 Å². The van der Waals surface area contributed by atoms with Crippen LogP contribution in [0.25, 0.3) is 10.9 Å². The molecular weight excluding hydrogens is 374 g/mol. The van der Waals surface area contributed by atoms with Crippen molar-refractivity contribution in [2.75, 3.05) is 10.6 Å². The number of nitrogens with two attached hydrogens (primary N) is 1. The fourth-order valence-corrected chi connectivity index (χ4v) is 3.39. The molecule has 0 aliphatic rings. The number of nitrogens with zero attached hydrogens (tertiary/aromatic N) is 1. The van der Waals surface area contributed by atoms with Crippen LogP contribution in [0.1, 0.15) is 17.2 Å². The average Bonchev–Trinajstić information content (AvgIpc) is 3.14. The van der Waals surface area contributed by atoms with E-state index in [1.165, 1.54) is 0 Å². The van der Waals surface area contributed by atoms with Crippen LogP contribution in [0.15, 0.2) is 85.1 Å². The van der Waals surface area contributed by atoms with Crippen molar-refractivity contribution in [3.05, 3.63) is 96.2 Å². The molecule has 0 saturated heterocycles. The standard InChI is InChI=1S/C24H23N5O/c1-29-14-13-18-15-20(11-12-21(18)29)28-24(30)27-19-9-7-17(8-10-19)23(26)22(25)16-5-3-2-4-6-16/h2-15,23,25H,26H2,1H3,(H2,27,28,30). The highest BCUT2D eigenvalue weighted by Gasteiger charge is 2.14. The van der Waals surface area contributed by atoms with Gasteiger partial charge in [0.05, 0.1) is 11.8 Å². The van der Waals surface area contributed by atoms with Gasteiger partial charge in [-0.1, -0.05) is 42.5 Å². The van der Waals surface area contributed by atoms with E-state index in [1.54, 1.807) is 12.1 Å². The van der Waals surface area contributed by atoms with Gasteiger partial charge in [0.1, 0.15) is 0 Å². The Labute approximate surface area is 174 Å². The summed E-state index contributed by atoms with van der Waals surface area (Å²) < 4.78 is 2.03. The van der Waals surface area contributed by atoms with Gasteiger partial charge in [0.25, 0.3) is 0 Å². The number of hydrogen-bond donors (Lipinski definition) is 4. The minimum atomic E-state index is -0.534. The molecule has 2 amide bonds. The maximum atomic E-state index is 12.3. The third-order valence-corrected chi connectivity index (χ3v) is 5.07. The summed E-state index contributed by atoms with van der Waals surface area (Å²) in [6, 6.07) is 23.6. The van der Waals surface area contributed by atoms with Crippen LogP contribution in [0.5, 0.6) is 0 Å². The number of amides is 2. The number of aryl methyl sites for hydroxylation is 1. The van der Waals surface area contributed by atoms with E-state index in [0.29, 0.717) is 11.4 Å². The number of fused-ring (bicyclic) bond motifs is 1. The highest BCUT2D eigenvalue weighted by Crippen LogP contribution is 2.21. The third-order valence-electron chi connectivity index (χ3n) is 5.07. The lowest BCUT2D eigenvalue weighted by Crippen LogP contribution is -2.22. The second kappa shape index (κ2) is 8.23. The molecule has 1 atom stereocenters. The van der Waals surface area contributed by atoms with Crippen LogP contribution in [-0.4, -0.2) is 16.3 Å². The fourth-order valence-electron chi connectivity index (χ4n) is 3.39. The van der Waals surface area contributed by atoms with Gasteiger partial charge in [-0.25, -0.2) is 4.79 Å². The Kier molecular flexibility index (Phi) is 5.32.